The van der Waals surface area contributed by atoms with E-state index < -0.39 is 11.9 Å². The highest BCUT2D eigenvalue weighted by molar-refractivity contribution is 5.99. The number of benzene rings is 2. The number of carbonyl (C=O) groups is 3. The minimum absolute atomic E-state index is 0.103. The molecule has 0 spiro atoms. The van der Waals surface area contributed by atoms with Crippen molar-refractivity contribution in [2.45, 2.75) is 26.7 Å². The van der Waals surface area contributed by atoms with Gasteiger partial charge in [-0.1, -0.05) is 42.0 Å². The van der Waals surface area contributed by atoms with E-state index in [1.54, 1.807) is 25.1 Å². The van der Waals surface area contributed by atoms with E-state index in [0.717, 1.165) is 11.1 Å². The van der Waals surface area contributed by atoms with Gasteiger partial charge in [0.25, 0.3) is 0 Å². The highest BCUT2D eigenvalue weighted by Crippen LogP contribution is 2.13. The SMILES string of the molecule is Cc1ccc(CC(=O)OCC(=O)c2cc(CC(=O)O)ccc2C)cc1. The lowest BCUT2D eigenvalue weighted by atomic mass is 10.0. The Hall–Kier alpha value is -2.95. The van der Waals surface area contributed by atoms with Gasteiger partial charge in [0.1, 0.15) is 0 Å². The lowest BCUT2D eigenvalue weighted by Crippen LogP contribution is -2.17. The van der Waals surface area contributed by atoms with Crippen LogP contribution in [0.2, 0.25) is 0 Å². The Morgan fingerprint density at radius 2 is 1.56 bits per heavy atom. The summed E-state index contributed by atoms with van der Waals surface area (Å²) in [4.78, 5) is 34.9. The molecule has 25 heavy (non-hydrogen) atoms. The Bertz CT molecular complexity index is 790. The summed E-state index contributed by atoms with van der Waals surface area (Å²) in [7, 11) is 0. The van der Waals surface area contributed by atoms with Crippen LogP contribution in [0.4, 0.5) is 0 Å². The topological polar surface area (TPSA) is 80.7 Å². The number of aryl methyl sites for hydroxylation is 2. The van der Waals surface area contributed by atoms with Gasteiger partial charge in [-0.05, 0) is 36.6 Å². The second kappa shape index (κ2) is 8.24. The molecule has 0 fully saturated rings. The molecule has 0 aliphatic rings. The molecule has 0 aliphatic heterocycles. The number of aliphatic carboxylic acids is 1. The summed E-state index contributed by atoms with van der Waals surface area (Å²) < 4.78 is 5.06. The predicted octanol–water partition coefficient (Wildman–Crippen LogP) is 2.90. The van der Waals surface area contributed by atoms with Crippen molar-refractivity contribution in [2.75, 3.05) is 6.61 Å². The number of carboxylic acids is 1. The average molecular weight is 340 g/mol. The van der Waals surface area contributed by atoms with Crippen LogP contribution < -0.4 is 0 Å². The summed E-state index contributed by atoms with van der Waals surface area (Å²) in [5.41, 5.74) is 3.55. The minimum Gasteiger partial charge on any atom is -0.481 e. The number of ketones is 1. The highest BCUT2D eigenvalue weighted by atomic mass is 16.5. The minimum atomic E-state index is -0.966. The van der Waals surface area contributed by atoms with Gasteiger partial charge in [0.2, 0.25) is 5.78 Å². The van der Waals surface area contributed by atoms with E-state index in [-0.39, 0.29) is 25.2 Å². The van der Waals surface area contributed by atoms with Gasteiger partial charge >= 0.3 is 11.9 Å². The van der Waals surface area contributed by atoms with E-state index >= 15 is 0 Å². The van der Waals surface area contributed by atoms with Crippen molar-refractivity contribution in [2.24, 2.45) is 0 Å². The first-order valence-electron chi connectivity index (χ1n) is 7.91. The van der Waals surface area contributed by atoms with E-state index in [1.807, 2.05) is 31.2 Å². The number of carboxylic acid groups (broad SMARTS) is 1. The van der Waals surface area contributed by atoms with E-state index in [9.17, 15) is 14.4 Å². The van der Waals surface area contributed by atoms with Crippen LogP contribution in [-0.2, 0) is 27.2 Å². The molecule has 0 saturated carbocycles. The molecule has 1 N–H and O–H groups in total. The van der Waals surface area contributed by atoms with Gasteiger partial charge < -0.3 is 9.84 Å². The van der Waals surface area contributed by atoms with Crippen LogP contribution in [0.5, 0.6) is 0 Å². The first-order valence-corrected chi connectivity index (χ1v) is 7.91. The average Bonchev–Trinajstić information content (AvgIpc) is 2.56. The van der Waals surface area contributed by atoms with Crippen molar-refractivity contribution in [3.05, 3.63) is 70.3 Å². The Balaban J connectivity index is 1.96. The van der Waals surface area contributed by atoms with E-state index in [4.69, 9.17) is 9.84 Å². The maximum Gasteiger partial charge on any atom is 0.310 e. The Morgan fingerprint density at radius 3 is 2.20 bits per heavy atom. The zero-order valence-corrected chi connectivity index (χ0v) is 14.2. The largest absolute Gasteiger partial charge is 0.481 e. The van der Waals surface area contributed by atoms with Gasteiger partial charge in [0.05, 0.1) is 12.8 Å². The molecule has 0 atom stereocenters. The Kier molecular flexibility index (Phi) is 6.06. The van der Waals surface area contributed by atoms with Crippen molar-refractivity contribution in [1.82, 2.24) is 0 Å². The second-order valence-electron chi connectivity index (χ2n) is 5.97. The fourth-order valence-electron chi connectivity index (χ4n) is 2.40. The van der Waals surface area contributed by atoms with Gasteiger partial charge in [-0.25, -0.2) is 0 Å². The lowest BCUT2D eigenvalue weighted by Gasteiger charge is -2.08. The van der Waals surface area contributed by atoms with Gasteiger partial charge in [0.15, 0.2) is 6.61 Å². The summed E-state index contributed by atoms with van der Waals surface area (Å²) >= 11 is 0. The number of Topliss-reactive ketones (excluding diaryl/α,β-unsaturated/α-hetero) is 1. The van der Waals surface area contributed by atoms with Gasteiger partial charge in [-0.3, -0.25) is 14.4 Å². The predicted molar refractivity (Wildman–Crippen MR) is 92.7 cm³/mol. The number of esters is 1. The summed E-state index contributed by atoms with van der Waals surface area (Å²) in [6.45, 7) is 3.36. The molecule has 2 aromatic rings. The van der Waals surface area contributed by atoms with Crippen molar-refractivity contribution >= 4 is 17.7 Å². The van der Waals surface area contributed by atoms with Crippen LogP contribution >= 0.6 is 0 Å². The van der Waals surface area contributed by atoms with Crippen molar-refractivity contribution in [1.29, 1.82) is 0 Å². The number of hydrogen-bond donors (Lipinski definition) is 1. The highest BCUT2D eigenvalue weighted by Gasteiger charge is 2.14. The zero-order valence-electron chi connectivity index (χ0n) is 14.2. The quantitative estimate of drug-likeness (QED) is 0.619. The third-order valence-corrected chi connectivity index (χ3v) is 3.79. The van der Waals surface area contributed by atoms with E-state index in [0.29, 0.717) is 16.7 Å². The van der Waals surface area contributed by atoms with Crippen LogP contribution in [-0.4, -0.2) is 29.4 Å². The van der Waals surface area contributed by atoms with Crippen molar-refractivity contribution in [3.8, 4) is 0 Å². The van der Waals surface area contributed by atoms with E-state index in [1.165, 1.54) is 0 Å². The summed E-state index contributed by atoms with van der Waals surface area (Å²) in [6.07, 6.45) is -0.0562. The molecule has 0 aromatic heterocycles. The Morgan fingerprint density at radius 1 is 0.920 bits per heavy atom. The molecule has 0 radical (unpaired) electrons. The lowest BCUT2D eigenvalue weighted by molar-refractivity contribution is -0.141. The van der Waals surface area contributed by atoms with Crippen molar-refractivity contribution < 1.29 is 24.2 Å². The van der Waals surface area contributed by atoms with Crippen LogP contribution in [0.25, 0.3) is 0 Å². The molecule has 5 nitrogen and oxygen atoms in total. The number of rotatable bonds is 7. The molecule has 2 aromatic carbocycles. The first kappa shape index (κ1) is 18.4. The summed E-state index contributed by atoms with van der Waals surface area (Å²) in [5.74, 6) is -1.79. The zero-order chi connectivity index (χ0) is 18.4. The first-order chi connectivity index (χ1) is 11.8. The standard InChI is InChI=1S/C20H20O5/c1-13-3-6-15(7-4-13)11-20(24)25-12-18(21)17-9-16(10-19(22)23)8-5-14(17)2/h3-9H,10-12H2,1-2H3,(H,22,23). The monoisotopic (exact) mass is 340 g/mol. The third kappa shape index (κ3) is 5.57. The smallest absolute Gasteiger partial charge is 0.310 e. The molecule has 0 amide bonds. The van der Waals surface area contributed by atoms with Crippen molar-refractivity contribution in [3.63, 3.8) is 0 Å². The fourth-order valence-corrected chi connectivity index (χ4v) is 2.40. The molecule has 0 saturated heterocycles. The molecule has 2 rings (SSSR count). The van der Waals surface area contributed by atoms with Crippen LogP contribution in [0, 0.1) is 13.8 Å². The van der Waals surface area contributed by atoms with Crippen LogP contribution in [0.1, 0.15) is 32.6 Å². The maximum absolute atomic E-state index is 12.3. The van der Waals surface area contributed by atoms with Gasteiger partial charge in [0, 0.05) is 5.56 Å². The van der Waals surface area contributed by atoms with E-state index in [2.05, 4.69) is 0 Å². The molecule has 0 unspecified atom stereocenters. The number of ether oxygens (including phenoxy) is 1. The maximum atomic E-state index is 12.3. The van der Waals surface area contributed by atoms with Gasteiger partial charge in [-0.15, -0.1) is 0 Å². The molecular formula is C20H20O5. The van der Waals surface area contributed by atoms with Crippen LogP contribution in [0.15, 0.2) is 42.5 Å². The second-order valence-corrected chi connectivity index (χ2v) is 5.97. The normalized spacial score (nSPS) is 10.3. The van der Waals surface area contributed by atoms with Gasteiger partial charge in [-0.2, -0.15) is 0 Å². The van der Waals surface area contributed by atoms with Crippen LogP contribution in [0.3, 0.4) is 0 Å². The number of hydrogen-bond acceptors (Lipinski definition) is 4. The molecule has 0 aliphatic carbocycles. The third-order valence-electron chi connectivity index (χ3n) is 3.79. The fraction of sp³-hybridized carbons (Fsp3) is 0.250. The molecule has 130 valence electrons. The number of carbonyl (C=O) groups excluding carboxylic acids is 2. The summed E-state index contributed by atoms with van der Waals surface area (Å²) in [6, 6.07) is 12.4. The molecule has 0 heterocycles. The molecular weight excluding hydrogens is 320 g/mol. The Labute approximate surface area is 146 Å². The summed E-state index contributed by atoms with van der Waals surface area (Å²) in [5, 5.41) is 8.84. The molecule has 0 bridgehead atoms. The molecule has 5 heteroatoms.